The van der Waals surface area contributed by atoms with Crippen molar-refractivity contribution in [1.29, 1.82) is 0 Å². The van der Waals surface area contributed by atoms with Crippen molar-refractivity contribution in [3.63, 3.8) is 0 Å². The minimum atomic E-state index is -0.716. The Kier molecular flexibility index (Phi) is 12.1. The number of ketones is 2. The van der Waals surface area contributed by atoms with E-state index in [2.05, 4.69) is 5.32 Å². The van der Waals surface area contributed by atoms with Crippen molar-refractivity contribution in [2.75, 3.05) is 25.3 Å². The van der Waals surface area contributed by atoms with Crippen LogP contribution >= 0.6 is 23.2 Å². The predicted octanol–water partition coefficient (Wildman–Crippen LogP) is 9.84. The maximum atomic E-state index is 15.3. The van der Waals surface area contributed by atoms with Crippen LogP contribution in [0.4, 0.5) is 25.0 Å². The molecule has 5 N–H and O–H groups in total. The molecule has 0 aromatic heterocycles. The molecule has 0 fully saturated rings. The molecule has 0 aliphatic rings. The second-order valence-corrected chi connectivity index (χ2v) is 12.2. The number of nitrogens with two attached hydrogens (primary N) is 2. The van der Waals surface area contributed by atoms with Crippen molar-refractivity contribution < 1.29 is 32.6 Å². The van der Waals surface area contributed by atoms with Crippen LogP contribution in [0.3, 0.4) is 0 Å². The first kappa shape index (κ1) is 38.0. The first-order valence-electron chi connectivity index (χ1n) is 15.8. The van der Waals surface area contributed by atoms with Gasteiger partial charge in [0.2, 0.25) is 0 Å². The number of nitrogen functional groups attached to an aromatic ring is 1. The van der Waals surface area contributed by atoms with E-state index < -0.39 is 29.2 Å². The average molecular weight is 755 g/mol. The highest BCUT2D eigenvalue weighted by atomic mass is 35.5. The Hall–Kier alpha value is -6.23. The van der Waals surface area contributed by atoms with Gasteiger partial charge in [-0.25, -0.2) is 13.6 Å². The number of amides is 2. The summed E-state index contributed by atoms with van der Waals surface area (Å²) in [5, 5.41) is 3.30. The minimum Gasteiger partial charge on any atom is -0.496 e. The number of methoxy groups -OCH3 is 2. The number of ether oxygens (including phenoxy) is 2. The second-order valence-electron chi connectivity index (χ2n) is 11.4. The third-order valence-corrected chi connectivity index (χ3v) is 8.42. The largest absolute Gasteiger partial charge is 0.496 e. The Morgan fingerprint density at radius 2 is 1.02 bits per heavy atom. The first-order valence-corrected chi connectivity index (χ1v) is 16.5. The van der Waals surface area contributed by atoms with E-state index in [4.69, 9.17) is 44.1 Å². The first-order chi connectivity index (χ1) is 25.4. The van der Waals surface area contributed by atoms with Crippen LogP contribution in [0.2, 0.25) is 10.0 Å². The lowest BCUT2D eigenvalue weighted by atomic mass is 9.96. The second kappa shape index (κ2) is 16.9. The summed E-state index contributed by atoms with van der Waals surface area (Å²) in [5.74, 6) is -1.67. The van der Waals surface area contributed by atoms with Gasteiger partial charge < -0.3 is 26.3 Å². The van der Waals surface area contributed by atoms with Crippen LogP contribution in [0, 0.1) is 11.6 Å². The van der Waals surface area contributed by atoms with Gasteiger partial charge in [-0.15, -0.1) is 0 Å². The predicted molar refractivity (Wildman–Crippen MR) is 204 cm³/mol. The highest BCUT2D eigenvalue weighted by Gasteiger charge is 2.23. The lowest BCUT2D eigenvalue weighted by Crippen LogP contribution is -2.19. The van der Waals surface area contributed by atoms with E-state index in [1.165, 1.54) is 56.7 Å². The van der Waals surface area contributed by atoms with Gasteiger partial charge in [-0.2, -0.15) is 0 Å². The van der Waals surface area contributed by atoms with Crippen LogP contribution in [0.1, 0.15) is 31.8 Å². The Labute approximate surface area is 313 Å². The average Bonchev–Trinajstić information content (AvgIpc) is 3.14. The van der Waals surface area contributed by atoms with Crippen LogP contribution in [0.5, 0.6) is 11.5 Å². The van der Waals surface area contributed by atoms with E-state index in [1.807, 2.05) is 0 Å². The lowest BCUT2D eigenvalue weighted by molar-refractivity contribution is 0.102. The number of primary amides is 1. The summed E-state index contributed by atoms with van der Waals surface area (Å²) in [6.45, 7) is 0. The van der Waals surface area contributed by atoms with Gasteiger partial charge >= 0.3 is 6.03 Å². The Bertz CT molecular complexity index is 2320. The van der Waals surface area contributed by atoms with Gasteiger partial charge in [0.25, 0.3) is 0 Å². The fourth-order valence-corrected chi connectivity index (χ4v) is 5.81. The number of carbonyl (C=O) groups is 3. The van der Waals surface area contributed by atoms with Crippen LogP contribution in [-0.4, -0.2) is 31.8 Å². The van der Waals surface area contributed by atoms with E-state index >= 15 is 8.78 Å². The molecule has 268 valence electrons. The Morgan fingerprint density at radius 1 is 0.604 bits per heavy atom. The maximum absolute atomic E-state index is 15.3. The van der Waals surface area contributed by atoms with Gasteiger partial charge in [0, 0.05) is 32.5 Å². The molecule has 2 amide bonds. The molecule has 0 saturated carbocycles. The third kappa shape index (κ3) is 8.81. The quantitative estimate of drug-likeness (QED) is 0.0994. The molecule has 6 rings (SSSR count). The summed E-state index contributed by atoms with van der Waals surface area (Å²) in [6, 6.07) is 30.9. The molecule has 12 heteroatoms. The monoisotopic (exact) mass is 753 g/mol. The fraction of sp³-hybridized carbons (Fsp3) is 0.0488. The van der Waals surface area contributed by atoms with Crippen molar-refractivity contribution >= 4 is 52.2 Å². The zero-order valence-electron chi connectivity index (χ0n) is 28.3. The summed E-state index contributed by atoms with van der Waals surface area (Å²) in [4.78, 5) is 36.4. The Balaban J connectivity index is 0.000000206. The van der Waals surface area contributed by atoms with Crippen molar-refractivity contribution in [2.24, 2.45) is 5.73 Å². The van der Waals surface area contributed by atoms with E-state index in [0.717, 1.165) is 0 Å². The molecule has 6 aromatic rings. The molecule has 53 heavy (non-hydrogen) atoms. The summed E-state index contributed by atoms with van der Waals surface area (Å²) >= 11 is 12.0. The number of nitrogens with one attached hydrogen (secondary N) is 1. The molecule has 0 spiro atoms. The van der Waals surface area contributed by atoms with E-state index in [1.54, 1.807) is 78.9 Å². The van der Waals surface area contributed by atoms with Crippen molar-refractivity contribution in [1.82, 2.24) is 0 Å². The number of hydrogen-bond donors (Lipinski definition) is 3. The van der Waals surface area contributed by atoms with E-state index in [-0.39, 0.29) is 33.6 Å². The number of urea groups is 1. The molecule has 0 aliphatic heterocycles. The molecule has 0 saturated heterocycles. The smallest absolute Gasteiger partial charge is 0.316 e. The summed E-state index contributed by atoms with van der Waals surface area (Å²) in [6.07, 6.45) is 0. The molecular weight excluding hydrogens is 723 g/mol. The van der Waals surface area contributed by atoms with Gasteiger partial charge in [-0.05, 0) is 108 Å². The molecule has 0 aliphatic carbocycles. The molecule has 0 heterocycles. The van der Waals surface area contributed by atoms with Crippen molar-refractivity contribution in [3.8, 4) is 33.8 Å². The van der Waals surface area contributed by atoms with Crippen LogP contribution < -0.4 is 26.3 Å². The van der Waals surface area contributed by atoms with Gasteiger partial charge in [0.05, 0.1) is 36.5 Å². The van der Waals surface area contributed by atoms with Gasteiger partial charge in [-0.3, -0.25) is 9.59 Å². The van der Waals surface area contributed by atoms with Crippen LogP contribution in [0.25, 0.3) is 22.3 Å². The van der Waals surface area contributed by atoms with Gasteiger partial charge in [-0.1, -0.05) is 47.5 Å². The molecule has 0 atom stereocenters. The molecule has 0 unspecified atom stereocenters. The standard InChI is InChI=1S/C21H16ClFN2O3.C20H15ClFNO2/c1-28-17-10-9-16(19(23)18(17)13-3-2-4-14(22)11-13)20(26)12-5-7-15(8-6-12)25-21(24)27;1-25-17-10-9-16(20(24)12-5-7-15(23)8-6-12)19(22)18(17)13-3-2-4-14(21)11-13/h2-11H,1H3,(H3,24,25,27);2-11H,23H2,1H3. The number of rotatable bonds is 9. The third-order valence-electron chi connectivity index (χ3n) is 7.95. The van der Waals surface area contributed by atoms with E-state index in [0.29, 0.717) is 43.9 Å². The maximum Gasteiger partial charge on any atom is 0.316 e. The number of carbonyl (C=O) groups excluding carboxylic acids is 3. The highest BCUT2D eigenvalue weighted by molar-refractivity contribution is 6.31. The zero-order chi connectivity index (χ0) is 38.2. The molecule has 6 aromatic carbocycles. The molecule has 8 nitrogen and oxygen atoms in total. The number of hydrogen-bond acceptors (Lipinski definition) is 6. The van der Waals surface area contributed by atoms with Gasteiger partial charge in [0.15, 0.2) is 11.6 Å². The SMILES string of the molecule is COc1ccc(C(=O)c2ccc(N)cc2)c(F)c1-c1cccc(Cl)c1.COc1ccc(C(=O)c2ccc(NC(N)=O)cc2)c(F)c1-c1cccc(Cl)c1. The van der Waals surface area contributed by atoms with Crippen LogP contribution in [0.15, 0.2) is 121 Å². The molecular formula is C41H31Cl2F2N3O5. The van der Waals surface area contributed by atoms with Gasteiger partial charge in [0.1, 0.15) is 23.1 Å². The minimum absolute atomic E-state index is 0.0412. The van der Waals surface area contributed by atoms with E-state index in [9.17, 15) is 14.4 Å². The van der Waals surface area contributed by atoms with Crippen molar-refractivity contribution in [2.45, 2.75) is 0 Å². The van der Waals surface area contributed by atoms with Crippen LogP contribution in [-0.2, 0) is 0 Å². The summed E-state index contributed by atoms with van der Waals surface area (Å²) < 4.78 is 41.0. The van der Waals surface area contributed by atoms with Crippen molar-refractivity contribution in [3.05, 3.63) is 165 Å². The number of halogens is 4. The normalized spacial score (nSPS) is 10.5. The Morgan fingerprint density at radius 3 is 1.40 bits per heavy atom. The topological polar surface area (TPSA) is 134 Å². The number of anilines is 2. The molecule has 0 radical (unpaired) electrons. The summed E-state index contributed by atoms with van der Waals surface area (Å²) in [5.41, 5.74) is 13.5. The molecule has 0 bridgehead atoms. The highest BCUT2D eigenvalue weighted by Crippen LogP contribution is 2.37. The summed E-state index contributed by atoms with van der Waals surface area (Å²) in [7, 11) is 2.87. The lowest BCUT2D eigenvalue weighted by Gasteiger charge is -2.13. The fourth-order valence-electron chi connectivity index (χ4n) is 5.43. The zero-order valence-corrected chi connectivity index (χ0v) is 29.8. The number of benzene rings is 6.